The van der Waals surface area contributed by atoms with Gasteiger partial charge in [0.15, 0.2) is 0 Å². The van der Waals surface area contributed by atoms with Crippen LogP contribution in [-0.2, 0) is 0 Å². The van der Waals surface area contributed by atoms with E-state index < -0.39 is 0 Å². The van der Waals surface area contributed by atoms with Crippen molar-refractivity contribution >= 4 is 22.5 Å². The van der Waals surface area contributed by atoms with Crippen LogP contribution in [0, 0.1) is 0 Å². The second-order valence-electron chi connectivity index (χ2n) is 4.52. The molecule has 0 amide bonds. The van der Waals surface area contributed by atoms with Crippen LogP contribution in [-0.4, -0.2) is 45.3 Å². The van der Waals surface area contributed by atoms with E-state index in [2.05, 4.69) is 9.97 Å². The fraction of sp³-hybridized carbons (Fsp3) is 0.385. The largest absolute Gasteiger partial charge is 0.480 e. The Labute approximate surface area is 107 Å². The highest BCUT2D eigenvalue weighted by Crippen LogP contribution is 2.28. The van der Waals surface area contributed by atoms with Crippen molar-refractivity contribution in [1.82, 2.24) is 9.97 Å². The normalized spacial score (nSPS) is 10.5. The van der Waals surface area contributed by atoms with E-state index in [0.29, 0.717) is 11.8 Å². The SMILES string of the molecule is COc1nc(N(C)C)nc2ccc(N(C)C)cc12. The van der Waals surface area contributed by atoms with Crippen LogP contribution in [0.4, 0.5) is 11.6 Å². The first-order chi connectivity index (χ1) is 8.52. The Bertz CT molecular complexity index is 566. The van der Waals surface area contributed by atoms with Crippen LogP contribution in [0.3, 0.4) is 0 Å². The topological polar surface area (TPSA) is 41.5 Å². The van der Waals surface area contributed by atoms with Crippen molar-refractivity contribution in [1.29, 1.82) is 0 Å². The molecule has 0 saturated carbocycles. The number of nitrogens with zero attached hydrogens (tertiary/aromatic N) is 4. The smallest absolute Gasteiger partial charge is 0.228 e. The first-order valence-corrected chi connectivity index (χ1v) is 5.73. The average Bonchev–Trinajstić information content (AvgIpc) is 2.36. The van der Waals surface area contributed by atoms with Crippen molar-refractivity contribution in [3.05, 3.63) is 18.2 Å². The van der Waals surface area contributed by atoms with Gasteiger partial charge < -0.3 is 14.5 Å². The van der Waals surface area contributed by atoms with E-state index in [1.165, 1.54) is 0 Å². The molecule has 0 bridgehead atoms. The lowest BCUT2D eigenvalue weighted by Gasteiger charge is -2.16. The summed E-state index contributed by atoms with van der Waals surface area (Å²) >= 11 is 0. The van der Waals surface area contributed by atoms with E-state index in [1.54, 1.807) is 7.11 Å². The zero-order chi connectivity index (χ0) is 13.3. The number of anilines is 2. The maximum Gasteiger partial charge on any atom is 0.228 e. The van der Waals surface area contributed by atoms with Crippen LogP contribution in [0.2, 0.25) is 0 Å². The van der Waals surface area contributed by atoms with E-state index in [-0.39, 0.29) is 0 Å². The third-order valence-electron chi connectivity index (χ3n) is 2.74. The van der Waals surface area contributed by atoms with Crippen LogP contribution in [0.15, 0.2) is 18.2 Å². The lowest BCUT2D eigenvalue weighted by molar-refractivity contribution is 0.403. The van der Waals surface area contributed by atoms with Crippen molar-refractivity contribution in [2.24, 2.45) is 0 Å². The Morgan fingerprint density at radius 1 is 1.00 bits per heavy atom. The van der Waals surface area contributed by atoms with Crippen LogP contribution < -0.4 is 14.5 Å². The lowest BCUT2D eigenvalue weighted by Crippen LogP contribution is -2.13. The number of methoxy groups -OCH3 is 1. The molecule has 0 unspecified atom stereocenters. The molecule has 18 heavy (non-hydrogen) atoms. The van der Waals surface area contributed by atoms with E-state index in [1.807, 2.05) is 56.2 Å². The van der Waals surface area contributed by atoms with Gasteiger partial charge in [-0.15, -0.1) is 0 Å². The third kappa shape index (κ3) is 2.16. The zero-order valence-electron chi connectivity index (χ0n) is 11.4. The van der Waals surface area contributed by atoms with Gasteiger partial charge in [-0.2, -0.15) is 4.98 Å². The van der Waals surface area contributed by atoms with Crippen molar-refractivity contribution in [2.75, 3.05) is 45.1 Å². The standard InChI is InChI=1S/C13H18N4O/c1-16(2)9-6-7-11-10(8-9)12(18-5)15-13(14-11)17(3)4/h6-8H,1-5H3. The first kappa shape index (κ1) is 12.4. The average molecular weight is 246 g/mol. The number of aromatic nitrogens is 2. The van der Waals surface area contributed by atoms with Crippen LogP contribution in [0.1, 0.15) is 0 Å². The summed E-state index contributed by atoms with van der Waals surface area (Å²) in [6.45, 7) is 0. The summed E-state index contributed by atoms with van der Waals surface area (Å²) in [6, 6.07) is 6.06. The number of fused-ring (bicyclic) bond motifs is 1. The van der Waals surface area contributed by atoms with E-state index in [4.69, 9.17) is 4.74 Å². The predicted molar refractivity (Wildman–Crippen MR) is 74.7 cm³/mol. The van der Waals surface area contributed by atoms with Gasteiger partial charge in [0.2, 0.25) is 11.8 Å². The molecule has 96 valence electrons. The van der Waals surface area contributed by atoms with Gasteiger partial charge in [-0.25, -0.2) is 4.98 Å². The van der Waals surface area contributed by atoms with Crippen LogP contribution in [0.25, 0.3) is 10.9 Å². The second kappa shape index (κ2) is 4.68. The van der Waals surface area contributed by atoms with Crippen LogP contribution in [0.5, 0.6) is 5.88 Å². The van der Waals surface area contributed by atoms with Crippen molar-refractivity contribution in [3.8, 4) is 5.88 Å². The Kier molecular flexibility index (Phi) is 3.23. The van der Waals surface area contributed by atoms with Gasteiger partial charge in [-0.1, -0.05) is 0 Å². The van der Waals surface area contributed by atoms with E-state index in [9.17, 15) is 0 Å². The molecule has 0 aliphatic heterocycles. The van der Waals surface area contributed by atoms with Gasteiger partial charge in [0, 0.05) is 33.9 Å². The molecule has 1 aromatic heterocycles. The van der Waals surface area contributed by atoms with Crippen LogP contribution >= 0.6 is 0 Å². The zero-order valence-corrected chi connectivity index (χ0v) is 11.4. The van der Waals surface area contributed by atoms with Crippen molar-refractivity contribution in [3.63, 3.8) is 0 Å². The van der Waals surface area contributed by atoms with E-state index >= 15 is 0 Å². The molecule has 0 spiro atoms. The third-order valence-corrected chi connectivity index (χ3v) is 2.74. The molecule has 0 aliphatic rings. The number of ether oxygens (including phenoxy) is 1. The molecule has 0 N–H and O–H groups in total. The Balaban J connectivity index is 2.67. The minimum atomic E-state index is 0.604. The molecule has 5 heteroatoms. The predicted octanol–water partition coefficient (Wildman–Crippen LogP) is 1.77. The summed E-state index contributed by atoms with van der Waals surface area (Å²) in [5.41, 5.74) is 1.98. The molecule has 0 saturated heterocycles. The number of benzene rings is 1. The maximum atomic E-state index is 5.36. The highest BCUT2D eigenvalue weighted by molar-refractivity contribution is 5.87. The van der Waals surface area contributed by atoms with Gasteiger partial charge in [0.25, 0.3) is 0 Å². The highest BCUT2D eigenvalue weighted by Gasteiger charge is 2.10. The molecule has 0 radical (unpaired) electrons. The number of rotatable bonds is 3. The monoisotopic (exact) mass is 246 g/mol. The molecular weight excluding hydrogens is 228 g/mol. The van der Waals surface area contributed by atoms with Gasteiger partial charge in [-0.3, -0.25) is 0 Å². The fourth-order valence-corrected chi connectivity index (χ4v) is 1.71. The molecule has 2 rings (SSSR count). The highest BCUT2D eigenvalue weighted by atomic mass is 16.5. The minimum absolute atomic E-state index is 0.604. The molecule has 0 fully saturated rings. The summed E-state index contributed by atoms with van der Waals surface area (Å²) in [6.07, 6.45) is 0. The molecule has 1 heterocycles. The molecule has 1 aromatic carbocycles. The molecule has 0 aliphatic carbocycles. The molecule has 2 aromatic rings. The number of hydrogen-bond donors (Lipinski definition) is 0. The molecule has 5 nitrogen and oxygen atoms in total. The summed E-state index contributed by atoms with van der Waals surface area (Å²) < 4.78 is 5.36. The maximum absolute atomic E-state index is 5.36. The van der Waals surface area contributed by atoms with Crippen molar-refractivity contribution < 1.29 is 4.74 Å². The van der Waals surface area contributed by atoms with E-state index in [0.717, 1.165) is 16.6 Å². The summed E-state index contributed by atoms with van der Waals surface area (Å²) in [7, 11) is 9.46. The molecular formula is C13H18N4O. The number of hydrogen-bond acceptors (Lipinski definition) is 5. The Morgan fingerprint density at radius 2 is 1.72 bits per heavy atom. The van der Waals surface area contributed by atoms with Gasteiger partial charge in [0.1, 0.15) is 0 Å². The summed E-state index contributed by atoms with van der Waals surface area (Å²) in [5, 5.41) is 0.925. The van der Waals surface area contributed by atoms with Gasteiger partial charge in [-0.05, 0) is 18.2 Å². The second-order valence-corrected chi connectivity index (χ2v) is 4.52. The summed E-state index contributed by atoms with van der Waals surface area (Å²) in [4.78, 5) is 12.8. The molecule has 0 atom stereocenters. The fourth-order valence-electron chi connectivity index (χ4n) is 1.71. The Hall–Kier alpha value is -2.04. The van der Waals surface area contributed by atoms with Crippen molar-refractivity contribution in [2.45, 2.75) is 0 Å². The first-order valence-electron chi connectivity index (χ1n) is 5.73. The van der Waals surface area contributed by atoms with Gasteiger partial charge >= 0.3 is 0 Å². The summed E-state index contributed by atoms with van der Waals surface area (Å²) in [5.74, 6) is 1.25. The quantitative estimate of drug-likeness (QED) is 0.825. The minimum Gasteiger partial charge on any atom is -0.480 e. The Morgan fingerprint density at radius 3 is 2.28 bits per heavy atom. The lowest BCUT2D eigenvalue weighted by atomic mass is 10.2. The van der Waals surface area contributed by atoms with Gasteiger partial charge in [0.05, 0.1) is 18.0 Å².